The molecule has 23 heavy (non-hydrogen) atoms. The van der Waals surface area contributed by atoms with Gasteiger partial charge in [-0.25, -0.2) is 9.78 Å². The van der Waals surface area contributed by atoms with Crippen LogP contribution in [-0.4, -0.2) is 32.3 Å². The number of para-hydroxylation sites is 1. The van der Waals surface area contributed by atoms with Crippen LogP contribution >= 0.6 is 0 Å². The number of aryl methyl sites for hydroxylation is 2. The van der Waals surface area contributed by atoms with Gasteiger partial charge in [-0.3, -0.25) is 4.98 Å². The predicted molar refractivity (Wildman–Crippen MR) is 89.7 cm³/mol. The first kappa shape index (κ1) is 15.3. The number of benzene rings is 1. The lowest BCUT2D eigenvalue weighted by Gasteiger charge is -2.10. The molecule has 0 atom stereocenters. The number of amides is 1. The molecule has 0 aliphatic heterocycles. The number of nitrogens with one attached hydrogen (secondary N) is 1. The van der Waals surface area contributed by atoms with Crippen molar-refractivity contribution in [3.05, 3.63) is 36.3 Å². The van der Waals surface area contributed by atoms with Crippen LogP contribution in [0.15, 0.2) is 30.5 Å². The molecule has 1 amide bonds. The van der Waals surface area contributed by atoms with Crippen LogP contribution < -0.4 is 5.32 Å². The van der Waals surface area contributed by atoms with Crippen molar-refractivity contribution in [1.29, 1.82) is 0 Å². The van der Waals surface area contributed by atoms with E-state index < -0.39 is 6.09 Å². The zero-order chi connectivity index (χ0) is 16.2. The van der Waals surface area contributed by atoms with E-state index in [0.29, 0.717) is 6.54 Å². The molecular formula is C17H20N4O2. The third kappa shape index (κ3) is 3.11. The molecular weight excluding hydrogens is 292 g/mol. The first-order valence-corrected chi connectivity index (χ1v) is 7.90. The van der Waals surface area contributed by atoms with Gasteiger partial charge in [-0.15, -0.1) is 0 Å². The maximum atomic E-state index is 10.6. The molecule has 0 unspecified atom stereocenters. The summed E-state index contributed by atoms with van der Waals surface area (Å²) in [6.45, 7) is 3.30. The Morgan fingerprint density at radius 3 is 2.91 bits per heavy atom. The molecule has 2 heterocycles. The second-order valence-corrected chi connectivity index (χ2v) is 5.52. The van der Waals surface area contributed by atoms with Gasteiger partial charge in [0.2, 0.25) is 0 Å². The number of fused-ring (bicyclic) bond motifs is 3. The number of carboxylic acid groups (broad SMARTS) is 1. The first-order valence-electron chi connectivity index (χ1n) is 7.90. The van der Waals surface area contributed by atoms with Crippen molar-refractivity contribution in [2.75, 3.05) is 6.54 Å². The van der Waals surface area contributed by atoms with E-state index >= 15 is 0 Å². The highest BCUT2D eigenvalue weighted by Gasteiger charge is 2.13. The second-order valence-electron chi connectivity index (χ2n) is 5.52. The Labute approximate surface area is 134 Å². The Morgan fingerprint density at radius 2 is 2.13 bits per heavy atom. The average Bonchev–Trinajstić information content (AvgIpc) is 2.90. The largest absolute Gasteiger partial charge is 0.465 e. The highest BCUT2D eigenvalue weighted by atomic mass is 16.4. The molecule has 120 valence electrons. The van der Waals surface area contributed by atoms with Crippen LogP contribution in [0.5, 0.6) is 0 Å². The first-order chi connectivity index (χ1) is 11.2. The quantitative estimate of drug-likeness (QED) is 0.685. The van der Waals surface area contributed by atoms with E-state index in [1.165, 1.54) is 0 Å². The van der Waals surface area contributed by atoms with Crippen molar-refractivity contribution in [2.45, 2.75) is 32.7 Å². The van der Waals surface area contributed by atoms with Gasteiger partial charge in [0.05, 0.1) is 17.2 Å². The van der Waals surface area contributed by atoms with Crippen molar-refractivity contribution in [3.8, 4) is 0 Å². The summed E-state index contributed by atoms with van der Waals surface area (Å²) in [5.74, 6) is 1.04. The lowest BCUT2D eigenvalue weighted by atomic mass is 10.2. The van der Waals surface area contributed by atoms with Gasteiger partial charge in [-0.05, 0) is 18.9 Å². The average molecular weight is 312 g/mol. The molecule has 0 saturated carbocycles. The third-order valence-corrected chi connectivity index (χ3v) is 3.87. The molecule has 2 N–H and O–H groups in total. The Balaban J connectivity index is 2.02. The summed E-state index contributed by atoms with van der Waals surface area (Å²) >= 11 is 0. The van der Waals surface area contributed by atoms with E-state index in [1.54, 1.807) is 0 Å². The second kappa shape index (κ2) is 6.64. The zero-order valence-electron chi connectivity index (χ0n) is 13.1. The number of aromatic nitrogens is 3. The molecule has 0 saturated heterocycles. The van der Waals surface area contributed by atoms with E-state index in [1.807, 2.05) is 24.4 Å². The van der Waals surface area contributed by atoms with E-state index in [9.17, 15) is 4.79 Å². The van der Waals surface area contributed by atoms with E-state index in [-0.39, 0.29) is 0 Å². The maximum absolute atomic E-state index is 10.6. The molecule has 0 spiro atoms. The van der Waals surface area contributed by atoms with E-state index in [0.717, 1.165) is 53.6 Å². The number of nitrogens with zero attached hydrogens (tertiary/aromatic N) is 3. The van der Waals surface area contributed by atoms with Crippen molar-refractivity contribution in [1.82, 2.24) is 19.9 Å². The molecule has 6 nitrogen and oxygen atoms in total. The van der Waals surface area contributed by atoms with Gasteiger partial charge in [-0.2, -0.15) is 0 Å². The molecule has 3 rings (SSSR count). The van der Waals surface area contributed by atoms with Crippen molar-refractivity contribution in [3.63, 3.8) is 0 Å². The van der Waals surface area contributed by atoms with Crippen LogP contribution in [0.3, 0.4) is 0 Å². The number of hydrogen-bond donors (Lipinski definition) is 2. The minimum absolute atomic E-state index is 0.434. The zero-order valence-corrected chi connectivity index (χ0v) is 13.1. The highest BCUT2D eigenvalue weighted by Crippen LogP contribution is 2.25. The van der Waals surface area contributed by atoms with Gasteiger partial charge in [0.1, 0.15) is 11.3 Å². The Bertz CT molecular complexity index is 841. The summed E-state index contributed by atoms with van der Waals surface area (Å²) in [6, 6.07) is 8.05. The predicted octanol–water partition coefficient (Wildman–Crippen LogP) is 3.19. The molecule has 2 aromatic heterocycles. The lowest BCUT2D eigenvalue weighted by molar-refractivity contribution is 0.194. The van der Waals surface area contributed by atoms with Gasteiger partial charge >= 0.3 is 6.09 Å². The fourth-order valence-electron chi connectivity index (χ4n) is 2.90. The molecule has 3 aromatic rings. The molecule has 0 aliphatic rings. The molecule has 1 aromatic carbocycles. The maximum Gasteiger partial charge on any atom is 0.404 e. The van der Waals surface area contributed by atoms with Crippen molar-refractivity contribution < 1.29 is 9.90 Å². The number of imidazole rings is 1. The van der Waals surface area contributed by atoms with Crippen LogP contribution in [0.4, 0.5) is 4.79 Å². The molecule has 0 aliphatic carbocycles. The Morgan fingerprint density at radius 1 is 1.30 bits per heavy atom. The van der Waals surface area contributed by atoms with Crippen molar-refractivity contribution in [2.24, 2.45) is 0 Å². The van der Waals surface area contributed by atoms with Gasteiger partial charge < -0.3 is 15.0 Å². The van der Waals surface area contributed by atoms with Crippen LogP contribution in [0.2, 0.25) is 0 Å². The van der Waals surface area contributed by atoms with Gasteiger partial charge in [0, 0.05) is 24.9 Å². The molecule has 0 fully saturated rings. The number of rotatable bonds is 6. The van der Waals surface area contributed by atoms with Crippen LogP contribution in [-0.2, 0) is 13.0 Å². The van der Waals surface area contributed by atoms with Crippen LogP contribution in [0.1, 0.15) is 25.6 Å². The number of hydrogen-bond acceptors (Lipinski definition) is 3. The number of carbonyl (C=O) groups is 1. The third-order valence-electron chi connectivity index (χ3n) is 3.87. The van der Waals surface area contributed by atoms with Crippen LogP contribution in [0.25, 0.3) is 21.9 Å². The minimum atomic E-state index is -0.982. The fourth-order valence-corrected chi connectivity index (χ4v) is 2.90. The molecule has 0 radical (unpaired) electrons. The molecule has 0 bridgehead atoms. The van der Waals surface area contributed by atoms with Gasteiger partial charge in [0.15, 0.2) is 0 Å². The topological polar surface area (TPSA) is 80.0 Å². The Hall–Kier alpha value is -2.63. The normalized spacial score (nSPS) is 11.2. The summed E-state index contributed by atoms with van der Waals surface area (Å²) in [4.78, 5) is 19.8. The van der Waals surface area contributed by atoms with Gasteiger partial charge in [0.25, 0.3) is 0 Å². The van der Waals surface area contributed by atoms with Crippen LogP contribution in [0, 0.1) is 0 Å². The summed E-state index contributed by atoms with van der Waals surface area (Å²) in [5, 5.41) is 12.2. The van der Waals surface area contributed by atoms with Gasteiger partial charge in [-0.1, -0.05) is 25.1 Å². The molecule has 6 heteroatoms. The fraction of sp³-hybridized carbons (Fsp3) is 0.353. The van der Waals surface area contributed by atoms with E-state index in [4.69, 9.17) is 10.1 Å². The standard InChI is InChI=1S/C17H20N4O2/c1-2-6-15-20-14-11-19-13-8-4-3-7-12(13)16(14)21(15)10-5-9-18-17(22)23/h3-4,7-8,11,18H,2,5-6,9-10H2,1H3,(H,22,23). The lowest BCUT2D eigenvalue weighted by Crippen LogP contribution is -2.23. The smallest absolute Gasteiger partial charge is 0.404 e. The van der Waals surface area contributed by atoms with Crippen molar-refractivity contribution >= 4 is 28.0 Å². The summed E-state index contributed by atoms with van der Waals surface area (Å²) in [5.41, 5.74) is 2.94. The van der Waals surface area contributed by atoms with E-state index in [2.05, 4.69) is 27.9 Å². The number of pyridine rings is 1. The monoisotopic (exact) mass is 312 g/mol. The summed E-state index contributed by atoms with van der Waals surface area (Å²) < 4.78 is 2.21. The minimum Gasteiger partial charge on any atom is -0.465 e. The summed E-state index contributed by atoms with van der Waals surface area (Å²) in [7, 11) is 0. The SMILES string of the molecule is CCCc1nc2cnc3ccccc3c2n1CCCNC(=O)O. The Kier molecular flexibility index (Phi) is 4.41. The highest BCUT2D eigenvalue weighted by molar-refractivity contribution is 6.02. The summed E-state index contributed by atoms with van der Waals surface area (Å²) in [6.07, 6.45) is 3.48.